The molecule has 0 spiro atoms. The number of hydrogen-bond acceptors (Lipinski definition) is 3. The summed E-state index contributed by atoms with van der Waals surface area (Å²) in [6.45, 7) is 5.53. The Kier molecular flexibility index (Phi) is 3.91. The standard InChI is InChI=1S/C12H18ClNO3Te/c1-6(2)10(15)12-9(14-11(12)16)8(4-5-13)7(3)18(12)17/h6,9-10,15H,4-5H2,1-3H3,(H,14,16)/t9-,10-,12-/m0/s1. The number of carbonyl (C=O) groups excluding carboxylic acids is 1. The molecule has 2 N–H and O–H groups in total. The molecule has 2 aliphatic rings. The number of β-lactam (4-membered cyclic amide) rings is 1. The Morgan fingerprint density at radius 2 is 2.17 bits per heavy atom. The summed E-state index contributed by atoms with van der Waals surface area (Å²) < 4.78 is 12.5. The SMILES string of the molecule is CC1=C(CCCl)[C@@H]2NC(=O)[C@]2([C@@H](O)C(C)C)[Te]1=O. The summed E-state index contributed by atoms with van der Waals surface area (Å²) in [5, 5.41) is 13.2. The van der Waals surface area contributed by atoms with Gasteiger partial charge in [0.05, 0.1) is 0 Å². The molecule has 0 aromatic heterocycles. The number of halogens is 1. The van der Waals surface area contributed by atoms with Gasteiger partial charge < -0.3 is 0 Å². The van der Waals surface area contributed by atoms with E-state index in [0.29, 0.717) is 12.3 Å². The van der Waals surface area contributed by atoms with Crippen LogP contribution in [-0.4, -0.2) is 48.6 Å². The van der Waals surface area contributed by atoms with Crippen molar-refractivity contribution in [2.75, 3.05) is 5.88 Å². The predicted octanol–water partition coefficient (Wildman–Crippen LogP) is 1.16. The van der Waals surface area contributed by atoms with Crippen LogP contribution in [0.5, 0.6) is 0 Å². The van der Waals surface area contributed by atoms with Gasteiger partial charge in [-0.05, 0) is 0 Å². The summed E-state index contributed by atoms with van der Waals surface area (Å²) in [5.41, 5.74) is 0.982. The van der Waals surface area contributed by atoms with Crippen molar-refractivity contribution in [1.82, 2.24) is 5.32 Å². The molecule has 1 fully saturated rings. The minimum atomic E-state index is -3.04. The van der Waals surface area contributed by atoms with Crippen LogP contribution in [0.2, 0.25) is 3.46 Å². The molecule has 0 aromatic rings. The molecule has 0 aromatic carbocycles. The van der Waals surface area contributed by atoms with Crippen LogP contribution >= 0.6 is 11.6 Å². The summed E-state index contributed by atoms with van der Waals surface area (Å²) >= 11 is 2.72. The molecule has 3 atom stereocenters. The molecule has 6 heteroatoms. The predicted molar refractivity (Wildman–Crippen MR) is 69.9 cm³/mol. The zero-order chi connectivity index (χ0) is 13.7. The van der Waals surface area contributed by atoms with Gasteiger partial charge >= 0.3 is 119 Å². The Balaban J connectivity index is 2.43. The van der Waals surface area contributed by atoms with Gasteiger partial charge in [0, 0.05) is 0 Å². The summed E-state index contributed by atoms with van der Waals surface area (Å²) in [6.07, 6.45) is -0.210. The van der Waals surface area contributed by atoms with Gasteiger partial charge in [0.25, 0.3) is 0 Å². The molecule has 0 radical (unpaired) electrons. The number of nitrogens with one attached hydrogen (secondary N) is 1. The summed E-state index contributed by atoms with van der Waals surface area (Å²) in [4.78, 5) is 12.0. The van der Waals surface area contributed by atoms with Gasteiger partial charge in [-0.25, -0.2) is 0 Å². The molecular formula is C12H18ClNO3Te. The molecular weight excluding hydrogens is 369 g/mol. The van der Waals surface area contributed by atoms with E-state index >= 15 is 0 Å². The Bertz CT molecular complexity index is 449. The van der Waals surface area contributed by atoms with Crippen LogP contribution in [0.15, 0.2) is 9.19 Å². The van der Waals surface area contributed by atoms with Crippen molar-refractivity contribution >= 4 is 37.0 Å². The molecule has 1 saturated heterocycles. The summed E-state index contributed by atoms with van der Waals surface area (Å²) in [5.74, 6) is 0.113. The first-order chi connectivity index (χ1) is 8.38. The fraction of sp³-hybridized carbons (Fsp3) is 0.750. The summed E-state index contributed by atoms with van der Waals surface area (Å²) in [6, 6.07) is -0.254. The second kappa shape index (κ2) is 4.86. The first-order valence-electron chi connectivity index (χ1n) is 6.05. The fourth-order valence-electron chi connectivity index (χ4n) is 2.85. The van der Waals surface area contributed by atoms with Gasteiger partial charge in [-0.3, -0.25) is 0 Å². The van der Waals surface area contributed by atoms with Crippen LogP contribution in [0, 0.1) is 5.92 Å². The average Bonchev–Trinajstić information content (AvgIpc) is 2.47. The molecule has 102 valence electrons. The first kappa shape index (κ1) is 14.5. The van der Waals surface area contributed by atoms with Gasteiger partial charge in [-0.1, -0.05) is 0 Å². The Morgan fingerprint density at radius 1 is 1.56 bits per heavy atom. The van der Waals surface area contributed by atoms with Gasteiger partial charge in [-0.15, -0.1) is 0 Å². The number of rotatable bonds is 4. The van der Waals surface area contributed by atoms with Crippen molar-refractivity contribution in [2.45, 2.75) is 42.8 Å². The van der Waals surface area contributed by atoms with Crippen LogP contribution in [0.3, 0.4) is 0 Å². The third-order valence-electron chi connectivity index (χ3n) is 3.88. The van der Waals surface area contributed by atoms with Crippen molar-refractivity contribution in [1.29, 1.82) is 0 Å². The van der Waals surface area contributed by atoms with Crippen LogP contribution in [-0.2, 0) is 7.90 Å². The third kappa shape index (κ3) is 1.64. The van der Waals surface area contributed by atoms with E-state index in [1.807, 2.05) is 20.8 Å². The van der Waals surface area contributed by atoms with Crippen molar-refractivity contribution in [3.05, 3.63) is 9.19 Å². The van der Waals surface area contributed by atoms with E-state index in [1.54, 1.807) is 0 Å². The minimum absolute atomic E-state index is 0.0842. The molecule has 1 amide bonds. The monoisotopic (exact) mass is 389 g/mol. The van der Waals surface area contributed by atoms with Crippen LogP contribution in [0.4, 0.5) is 0 Å². The number of aliphatic hydroxyl groups excluding tert-OH is 1. The topological polar surface area (TPSA) is 66.4 Å². The second-order valence-corrected chi connectivity index (χ2v) is 10.8. The van der Waals surface area contributed by atoms with E-state index < -0.39 is 29.1 Å². The van der Waals surface area contributed by atoms with E-state index in [-0.39, 0.29) is 17.9 Å². The van der Waals surface area contributed by atoms with Gasteiger partial charge in [0.1, 0.15) is 0 Å². The van der Waals surface area contributed by atoms with Crippen LogP contribution in [0.25, 0.3) is 0 Å². The number of alkyl halides is 1. The van der Waals surface area contributed by atoms with E-state index in [4.69, 9.17) is 11.6 Å². The number of fused-ring (bicyclic) bond motifs is 1. The first-order valence-corrected chi connectivity index (χ1v) is 9.87. The molecule has 2 rings (SSSR count). The zero-order valence-corrected chi connectivity index (χ0v) is 13.8. The Labute approximate surface area is 119 Å². The van der Waals surface area contributed by atoms with Crippen molar-refractivity contribution < 1.29 is 13.0 Å². The third-order valence-corrected chi connectivity index (χ3v) is 10.0. The number of carbonyl (C=O) groups is 1. The molecule has 4 nitrogen and oxygen atoms in total. The molecule has 2 aliphatic heterocycles. The van der Waals surface area contributed by atoms with Crippen molar-refractivity contribution in [3.8, 4) is 0 Å². The molecule has 0 aliphatic carbocycles. The van der Waals surface area contributed by atoms with Gasteiger partial charge in [0.15, 0.2) is 0 Å². The van der Waals surface area contributed by atoms with E-state index in [1.165, 1.54) is 0 Å². The number of aliphatic hydroxyl groups is 1. The van der Waals surface area contributed by atoms with E-state index in [0.717, 1.165) is 9.19 Å². The van der Waals surface area contributed by atoms with Gasteiger partial charge in [0.2, 0.25) is 0 Å². The van der Waals surface area contributed by atoms with Crippen molar-refractivity contribution in [2.24, 2.45) is 5.92 Å². The van der Waals surface area contributed by atoms with Crippen LogP contribution < -0.4 is 5.32 Å². The molecule has 2 heterocycles. The second-order valence-electron chi connectivity index (χ2n) is 5.18. The van der Waals surface area contributed by atoms with Crippen molar-refractivity contribution in [3.63, 3.8) is 0 Å². The Morgan fingerprint density at radius 3 is 2.61 bits per heavy atom. The Hall–Kier alpha value is 0.0496. The number of allylic oxidation sites excluding steroid dienone is 1. The maximum atomic E-state index is 12.7. The van der Waals surface area contributed by atoms with Crippen LogP contribution in [0.1, 0.15) is 27.2 Å². The normalized spacial score (nSPS) is 33.4. The maximum absolute atomic E-state index is 12.7. The van der Waals surface area contributed by atoms with E-state index in [9.17, 15) is 13.0 Å². The van der Waals surface area contributed by atoms with Gasteiger partial charge in [-0.2, -0.15) is 0 Å². The molecule has 0 bridgehead atoms. The zero-order valence-electron chi connectivity index (χ0n) is 10.7. The molecule has 0 unspecified atom stereocenters. The average molecular weight is 387 g/mol. The van der Waals surface area contributed by atoms with E-state index in [2.05, 4.69) is 5.32 Å². The fourth-order valence-corrected chi connectivity index (χ4v) is 9.04. The quantitative estimate of drug-likeness (QED) is 0.432. The number of hydrogen-bond donors (Lipinski definition) is 2. The molecule has 18 heavy (non-hydrogen) atoms. The summed E-state index contributed by atoms with van der Waals surface area (Å²) in [7, 11) is 0. The molecule has 0 saturated carbocycles. The number of amides is 1.